The van der Waals surface area contributed by atoms with Crippen molar-refractivity contribution < 1.29 is 13.6 Å². The zero-order valence-electron chi connectivity index (χ0n) is 11.7. The van der Waals surface area contributed by atoms with Gasteiger partial charge in [0.1, 0.15) is 5.78 Å². The summed E-state index contributed by atoms with van der Waals surface area (Å²) in [6.07, 6.45) is 0. The molecule has 0 aliphatic carbocycles. The number of hydrogen-bond acceptors (Lipinski definition) is 4. The van der Waals surface area contributed by atoms with Crippen molar-refractivity contribution in [1.29, 1.82) is 0 Å². The van der Waals surface area contributed by atoms with Crippen molar-refractivity contribution in [2.24, 2.45) is 5.92 Å². The monoisotopic (exact) mass is 283 g/mol. The molecular formula is C14H22NO3P. The Morgan fingerprint density at radius 1 is 1.42 bits per heavy atom. The van der Waals surface area contributed by atoms with Gasteiger partial charge in [-0.3, -0.25) is 9.88 Å². The Kier molecular flexibility index (Phi) is 4.80. The molecule has 1 aromatic carbocycles. The molecule has 1 aliphatic heterocycles. The van der Waals surface area contributed by atoms with Crippen LogP contribution in [0.25, 0.3) is 0 Å². The van der Waals surface area contributed by atoms with E-state index in [1.165, 1.54) is 0 Å². The highest BCUT2D eigenvalue weighted by Crippen LogP contribution is 2.61. The lowest BCUT2D eigenvalue weighted by Gasteiger charge is -2.38. The van der Waals surface area contributed by atoms with Crippen LogP contribution in [0.3, 0.4) is 0 Å². The number of nitrogens with one attached hydrogen (secondary N) is 1. The van der Waals surface area contributed by atoms with E-state index < -0.39 is 7.60 Å². The molecule has 1 N–H and O–H groups in total. The van der Waals surface area contributed by atoms with Crippen LogP contribution in [0.5, 0.6) is 0 Å². The van der Waals surface area contributed by atoms with E-state index in [1.807, 2.05) is 37.3 Å². The summed E-state index contributed by atoms with van der Waals surface area (Å²) in [5, 5.41) is 3.43. The van der Waals surface area contributed by atoms with Crippen LogP contribution < -0.4 is 5.32 Å². The van der Waals surface area contributed by atoms with Crippen LogP contribution >= 0.6 is 7.60 Å². The van der Waals surface area contributed by atoms with Gasteiger partial charge >= 0.3 is 7.60 Å². The van der Waals surface area contributed by atoms with Crippen molar-refractivity contribution in [3.05, 3.63) is 35.9 Å². The Labute approximate surface area is 115 Å². The molecule has 4 nitrogen and oxygen atoms in total. The lowest BCUT2D eigenvalue weighted by Crippen LogP contribution is -2.44. The van der Waals surface area contributed by atoms with Crippen molar-refractivity contribution in [1.82, 2.24) is 5.32 Å². The molecule has 0 saturated carbocycles. The molecule has 1 fully saturated rings. The molecule has 0 radical (unpaired) electrons. The first-order valence-electron chi connectivity index (χ1n) is 6.76. The summed E-state index contributed by atoms with van der Waals surface area (Å²) in [6.45, 7) is 6.90. The number of rotatable bonds is 4. The molecule has 5 heteroatoms. The van der Waals surface area contributed by atoms with Gasteiger partial charge in [0.25, 0.3) is 0 Å². The van der Waals surface area contributed by atoms with Crippen LogP contribution in [0.4, 0.5) is 0 Å². The van der Waals surface area contributed by atoms with Gasteiger partial charge < -0.3 is 9.05 Å². The molecule has 0 unspecified atom stereocenters. The van der Waals surface area contributed by atoms with Crippen molar-refractivity contribution in [3.8, 4) is 0 Å². The predicted octanol–water partition coefficient (Wildman–Crippen LogP) is 3.56. The van der Waals surface area contributed by atoms with Crippen molar-refractivity contribution in [2.75, 3.05) is 13.2 Å². The van der Waals surface area contributed by atoms with Crippen molar-refractivity contribution in [2.45, 2.75) is 32.6 Å². The summed E-state index contributed by atoms with van der Waals surface area (Å²) in [6, 6.07) is 9.91. The fourth-order valence-electron chi connectivity index (χ4n) is 2.19. The quantitative estimate of drug-likeness (QED) is 0.858. The zero-order valence-corrected chi connectivity index (χ0v) is 12.6. The smallest absolute Gasteiger partial charge is 0.308 e. The first-order chi connectivity index (χ1) is 9.07. The third kappa shape index (κ3) is 3.26. The molecule has 106 valence electrons. The Hall–Kier alpha value is -0.670. The van der Waals surface area contributed by atoms with Crippen LogP contribution in [0.1, 0.15) is 32.1 Å². The maximum absolute atomic E-state index is 12.8. The average molecular weight is 283 g/mol. The van der Waals surface area contributed by atoms with Crippen LogP contribution in [0.2, 0.25) is 0 Å². The van der Waals surface area contributed by atoms with E-state index in [-0.39, 0.29) is 11.8 Å². The van der Waals surface area contributed by atoms with Crippen LogP contribution in [0.15, 0.2) is 30.3 Å². The Bertz CT molecular complexity index is 449. The van der Waals surface area contributed by atoms with Crippen LogP contribution in [-0.2, 0) is 13.6 Å². The molecule has 0 bridgehead atoms. The number of hydrogen-bond donors (Lipinski definition) is 1. The van der Waals surface area contributed by atoms with E-state index in [9.17, 15) is 4.57 Å². The molecule has 1 aliphatic rings. The van der Waals surface area contributed by atoms with Gasteiger partial charge in [-0.15, -0.1) is 0 Å². The first kappa shape index (κ1) is 14.7. The van der Waals surface area contributed by atoms with Gasteiger partial charge in [-0.2, -0.15) is 0 Å². The second-order valence-electron chi connectivity index (χ2n) is 5.08. The summed E-state index contributed by atoms with van der Waals surface area (Å²) in [5.41, 5.74) is 0.949. The summed E-state index contributed by atoms with van der Waals surface area (Å²) in [5.74, 6) is 0.0383. The van der Waals surface area contributed by atoms with E-state index in [0.29, 0.717) is 19.1 Å². The second kappa shape index (κ2) is 6.19. The van der Waals surface area contributed by atoms with E-state index >= 15 is 0 Å². The van der Waals surface area contributed by atoms with Crippen molar-refractivity contribution >= 4 is 7.60 Å². The molecular weight excluding hydrogens is 261 g/mol. The Morgan fingerprint density at radius 3 is 2.68 bits per heavy atom. The van der Waals surface area contributed by atoms with Crippen LogP contribution in [-0.4, -0.2) is 19.3 Å². The third-order valence-electron chi connectivity index (χ3n) is 3.35. The standard InChI is InChI=1S/C14H22NO3P/c1-4-17-19(16)14(12-8-6-5-7-9-12)15-13(10-18-19)11(2)3/h5-9,11,13-15H,4,10H2,1-3H3/t13-,14+,19+/m0/s1. The summed E-state index contributed by atoms with van der Waals surface area (Å²) < 4.78 is 23.9. The SMILES string of the molecule is CCO[P@@]1(=O)OC[C@@H](C(C)C)N[C@H]1c1ccccc1. The third-order valence-corrected chi connectivity index (χ3v) is 5.56. The lowest BCUT2D eigenvalue weighted by atomic mass is 10.0. The van der Waals surface area contributed by atoms with Gasteiger partial charge in [0.2, 0.25) is 0 Å². The summed E-state index contributed by atoms with van der Waals surface area (Å²) >= 11 is 0. The second-order valence-corrected chi connectivity index (χ2v) is 7.20. The summed E-state index contributed by atoms with van der Waals surface area (Å²) in [7, 11) is -3.13. The minimum atomic E-state index is -3.13. The molecule has 0 spiro atoms. The van der Waals surface area contributed by atoms with E-state index in [1.54, 1.807) is 0 Å². The fourth-order valence-corrected chi connectivity index (χ4v) is 4.20. The lowest BCUT2D eigenvalue weighted by molar-refractivity contribution is 0.135. The molecule has 0 amide bonds. The maximum Gasteiger partial charge on any atom is 0.352 e. The van der Waals surface area contributed by atoms with E-state index in [0.717, 1.165) is 5.56 Å². The topological polar surface area (TPSA) is 47.6 Å². The Morgan fingerprint density at radius 2 is 2.11 bits per heavy atom. The first-order valence-corrected chi connectivity index (χ1v) is 8.38. The van der Waals surface area contributed by atoms with Gasteiger partial charge in [0, 0.05) is 6.04 Å². The van der Waals surface area contributed by atoms with E-state index in [2.05, 4.69) is 19.2 Å². The highest BCUT2D eigenvalue weighted by atomic mass is 31.2. The molecule has 19 heavy (non-hydrogen) atoms. The fraction of sp³-hybridized carbons (Fsp3) is 0.571. The molecule has 1 saturated heterocycles. The van der Waals surface area contributed by atoms with Gasteiger partial charge in [-0.05, 0) is 18.4 Å². The highest BCUT2D eigenvalue weighted by Gasteiger charge is 2.43. The number of benzene rings is 1. The Balaban J connectivity index is 2.28. The van der Waals surface area contributed by atoms with Crippen molar-refractivity contribution in [3.63, 3.8) is 0 Å². The minimum Gasteiger partial charge on any atom is -0.308 e. The summed E-state index contributed by atoms with van der Waals surface area (Å²) in [4.78, 5) is 0. The predicted molar refractivity (Wildman–Crippen MR) is 76.1 cm³/mol. The molecule has 0 aromatic heterocycles. The van der Waals surface area contributed by atoms with Gasteiger partial charge in [0.05, 0.1) is 13.2 Å². The zero-order chi connectivity index (χ0) is 13.9. The van der Waals surface area contributed by atoms with Gasteiger partial charge in [-0.1, -0.05) is 44.2 Å². The van der Waals surface area contributed by atoms with Crippen LogP contribution in [0, 0.1) is 5.92 Å². The molecule has 1 heterocycles. The molecule has 3 atom stereocenters. The molecule has 1 aromatic rings. The normalized spacial score (nSPS) is 31.6. The largest absolute Gasteiger partial charge is 0.352 e. The highest BCUT2D eigenvalue weighted by molar-refractivity contribution is 7.54. The maximum atomic E-state index is 12.8. The average Bonchev–Trinajstić information content (AvgIpc) is 2.40. The molecule has 2 rings (SSSR count). The van der Waals surface area contributed by atoms with Gasteiger partial charge in [0.15, 0.2) is 0 Å². The minimum absolute atomic E-state index is 0.188. The van der Waals surface area contributed by atoms with Gasteiger partial charge in [-0.25, -0.2) is 0 Å². The van der Waals surface area contributed by atoms with E-state index in [4.69, 9.17) is 9.05 Å².